The molecule has 1 atom stereocenters. The molecule has 2 aromatic rings. The van der Waals surface area contributed by atoms with E-state index in [2.05, 4.69) is 28.5 Å². The van der Waals surface area contributed by atoms with E-state index < -0.39 is 10.8 Å². The highest BCUT2D eigenvalue weighted by Gasteiger charge is 2.10. The van der Waals surface area contributed by atoms with Gasteiger partial charge >= 0.3 is 0 Å². The molecule has 0 bridgehead atoms. The van der Waals surface area contributed by atoms with Crippen LogP contribution in [-0.2, 0) is 35.9 Å². The van der Waals surface area contributed by atoms with Crippen molar-refractivity contribution in [1.29, 1.82) is 0 Å². The third-order valence-electron chi connectivity index (χ3n) is 4.20. The minimum Gasteiger partial charge on any atom is -0.370 e. The molecule has 3 N–H and O–H groups in total. The Kier molecular flexibility index (Phi) is 7.43. The van der Waals surface area contributed by atoms with Crippen molar-refractivity contribution in [3.63, 3.8) is 0 Å². The van der Waals surface area contributed by atoms with Gasteiger partial charge in [-0.3, -0.25) is 4.21 Å². The number of nitrogens with two attached hydrogens (primary N) is 1. The summed E-state index contributed by atoms with van der Waals surface area (Å²) in [5.74, 6) is 1.01. The molecule has 0 spiro atoms. The van der Waals surface area contributed by atoms with Crippen molar-refractivity contribution in [2.24, 2.45) is 10.7 Å². The van der Waals surface area contributed by atoms with E-state index in [0.29, 0.717) is 18.3 Å². The second-order valence-corrected chi connectivity index (χ2v) is 7.63. The number of aliphatic imine (C=N–C) groups is 1. The molecule has 4 nitrogen and oxygen atoms in total. The molecule has 0 fully saturated rings. The topological polar surface area (TPSA) is 67.5 Å². The Morgan fingerprint density at radius 1 is 1.12 bits per heavy atom. The molecular formula is C19H24IN3OS. The summed E-state index contributed by atoms with van der Waals surface area (Å²) >= 11 is 0. The number of anilines is 1. The second-order valence-electron chi connectivity index (χ2n) is 6.20. The summed E-state index contributed by atoms with van der Waals surface area (Å²) in [6.45, 7) is 0.527. The molecule has 0 saturated carbocycles. The number of guanidine groups is 1. The fourth-order valence-electron chi connectivity index (χ4n) is 2.99. The molecule has 6 heteroatoms. The van der Waals surface area contributed by atoms with Gasteiger partial charge in [0.2, 0.25) is 0 Å². The number of hydrogen-bond acceptors (Lipinski definition) is 2. The van der Waals surface area contributed by atoms with Crippen LogP contribution >= 0.6 is 24.0 Å². The summed E-state index contributed by atoms with van der Waals surface area (Å²) in [5, 5.41) is 3.17. The minimum absolute atomic E-state index is 0. The maximum atomic E-state index is 11.2. The standard InChI is InChI=1S/C19H23N3OS.HI/c1-24(23)13-15-7-5-14(6-8-15)12-21-19(20)22-18-10-9-16-3-2-4-17(16)11-18;/h5-11H,2-4,12-13H2,1H3,(H3,20,21,22);1H. The Morgan fingerprint density at radius 3 is 2.52 bits per heavy atom. The lowest BCUT2D eigenvalue weighted by atomic mass is 10.1. The average Bonchev–Trinajstić information content (AvgIpc) is 3.01. The Morgan fingerprint density at radius 2 is 1.80 bits per heavy atom. The van der Waals surface area contributed by atoms with Crippen LogP contribution < -0.4 is 11.1 Å². The zero-order chi connectivity index (χ0) is 16.9. The lowest BCUT2D eigenvalue weighted by Crippen LogP contribution is -2.22. The Labute approximate surface area is 168 Å². The molecule has 134 valence electrons. The highest BCUT2D eigenvalue weighted by molar-refractivity contribution is 14.0. The van der Waals surface area contributed by atoms with Crippen LogP contribution in [0.1, 0.15) is 28.7 Å². The van der Waals surface area contributed by atoms with Crippen LogP contribution in [0.25, 0.3) is 0 Å². The Hall–Kier alpha value is -1.41. The number of halogens is 1. The van der Waals surface area contributed by atoms with Crippen molar-refractivity contribution in [2.75, 3.05) is 11.6 Å². The number of nitrogens with one attached hydrogen (secondary N) is 1. The highest BCUT2D eigenvalue weighted by Crippen LogP contribution is 2.24. The third kappa shape index (κ3) is 5.81. The van der Waals surface area contributed by atoms with Crippen LogP contribution in [0.5, 0.6) is 0 Å². The summed E-state index contributed by atoms with van der Waals surface area (Å²) < 4.78 is 11.2. The molecule has 0 saturated heterocycles. The summed E-state index contributed by atoms with van der Waals surface area (Å²) in [6.07, 6.45) is 5.28. The Bertz CT molecular complexity index is 775. The smallest absolute Gasteiger partial charge is 0.193 e. The van der Waals surface area contributed by atoms with Gasteiger partial charge in [0.05, 0.1) is 6.54 Å². The molecular weight excluding hydrogens is 445 g/mol. The first-order chi connectivity index (χ1) is 11.6. The maximum Gasteiger partial charge on any atom is 0.193 e. The van der Waals surface area contributed by atoms with E-state index >= 15 is 0 Å². The van der Waals surface area contributed by atoms with Gasteiger partial charge in [-0.15, -0.1) is 24.0 Å². The molecule has 0 amide bonds. The number of fused-ring (bicyclic) bond motifs is 1. The number of aryl methyl sites for hydroxylation is 2. The van der Waals surface area contributed by atoms with E-state index in [1.165, 1.54) is 24.0 Å². The van der Waals surface area contributed by atoms with Gasteiger partial charge in [-0.25, -0.2) is 4.99 Å². The van der Waals surface area contributed by atoms with Crippen molar-refractivity contribution >= 4 is 46.4 Å². The average molecular weight is 469 g/mol. The van der Waals surface area contributed by atoms with Crippen LogP contribution in [0, 0.1) is 0 Å². The van der Waals surface area contributed by atoms with E-state index in [1.54, 1.807) is 6.26 Å². The van der Waals surface area contributed by atoms with E-state index in [0.717, 1.165) is 23.2 Å². The van der Waals surface area contributed by atoms with Gasteiger partial charge in [-0.1, -0.05) is 30.3 Å². The van der Waals surface area contributed by atoms with E-state index in [4.69, 9.17) is 5.73 Å². The van der Waals surface area contributed by atoms with Gasteiger partial charge in [0.15, 0.2) is 5.96 Å². The summed E-state index contributed by atoms with van der Waals surface area (Å²) in [7, 11) is -0.815. The monoisotopic (exact) mass is 469 g/mol. The van der Waals surface area contributed by atoms with E-state index in [1.807, 2.05) is 24.3 Å². The first-order valence-electron chi connectivity index (χ1n) is 8.17. The number of benzene rings is 2. The van der Waals surface area contributed by atoms with Crippen LogP contribution in [0.3, 0.4) is 0 Å². The van der Waals surface area contributed by atoms with Gasteiger partial charge in [-0.05, 0) is 53.6 Å². The van der Waals surface area contributed by atoms with Crippen LogP contribution in [-0.4, -0.2) is 16.4 Å². The fourth-order valence-corrected chi connectivity index (χ4v) is 3.65. The van der Waals surface area contributed by atoms with Crippen molar-refractivity contribution in [2.45, 2.75) is 31.6 Å². The zero-order valence-electron chi connectivity index (χ0n) is 14.3. The van der Waals surface area contributed by atoms with Crippen molar-refractivity contribution in [1.82, 2.24) is 0 Å². The van der Waals surface area contributed by atoms with Gasteiger partial charge < -0.3 is 11.1 Å². The largest absolute Gasteiger partial charge is 0.370 e. The summed E-state index contributed by atoms with van der Waals surface area (Å²) in [4.78, 5) is 4.40. The molecule has 2 aromatic carbocycles. The molecule has 25 heavy (non-hydrogen) atoms. The third-order valence-corrected chi connectivity index (χ3v) is 4.94. The summed E-state index contributed by atoms with van der Waals surface area (Å²) in [6, 6.07) is 14.4. The van der Waals surface area contributed by atoms with Gasteiger partial charge in [0.1, 0.15) is 0 Å². The second kappa shape index (κ2) is 9.33. The minimum atomic E-state index is -0.815. The lowest BCUT2D eigenvalue weighted by Gasteiger charge is -2.08. The van der Waals surface area contributed by atoms with E-state index in [9.17, 15) is 4.21 Å². The number of hydrogen-bond donors (Lipinski definition) is 2. The Balaban J connectivity index is 0.00000225. The lowest BCUT2D eigenvalue weighted by molar-refractivity contribution is 0.686. The first kappa shape index (κ1) is 19.9. The molecule has 0 heterocycles. The van der Waals surface area contributed by atoms with Gasteiger partial charge in [0, 0.05) is 28.5 Å². The van der Waals surface area contributed by atoms with Gasteiger partial charge in [0.25, 0.3) is 0 Å². The van der Waals surface area contributed by atoms with Crippen molar-refractivity contribution < 1.29 is 4.21 Å². The molecule has 1 aliphatic carbocycles. The predicted molar refractivity (Wildman–Crippen MR) is 117 cm³/mol. The normalized spacial score (nSPS) is 14.5. The quantitative estimate of drug-likeness (QED) is 0.400. The number of rotatable bonds is 5. The van der Waals surface area contributed by atoms with E-state index in [-0.39, 0.29) is 24.0 Å². The SMILES string of the molecule is CS(=O)Cc1ccc(CN=C(N)Nc2ccc3c(c2)CCC3)cc1.I. The van der Waals surface area contributed by atoms with Crippen molar-refractivity contribution in [3.8, 4) is 0 Å². The molecule has 1 aliphatic rings. The predicted octanol–water partition coefficient (Wildman–Crippen LogP) is 3.60. The highest BCUT2D eigenvalue weighted by atomic mass is 127. The molecule has 3 rings (SSSR count). The first-order valence-corrected chi connectivity index (χ1v) is 9.89. The summed E-state index contributed by atoms with van der Waals surface area (Å²) in [5.41, 5.74) is 12.0. The molecule has 0 aliphatic heterocycles. The van der Waals surface area contributed by atoms with Crippen LogP contribution in [0.2, 0.25) is 0 Å². The van der Waals surface area contributed by atoms with Crippen LogP contribution in [0.15, 0.2) is 47.5 Å². The van der Waals surface area contributed by atoms with Crippen molar-refractivity contribution in [3.05, 3.63) is 64.7 Å². The van der Waals surface area contributed by atoms with Gasteiger partial charge in [-0.2, -0.15) is 0 Å². The molecule has 0 radical (unpaired) electrons. The fraction of sp³-hybridized carbons (Fsp3) is 0.316. The molecule has 0 aromatic heterocycles. The zero-order valence-corrected chi connectivity index (χ0v) is 17.5. The number of nitrogens with zero attached hydrogens (tertiary/aromatic N) is 1. The van der Waals surface area contributed by atoms with Crippen LogP contribution in [0.4, 0.5) is 5.69 Å². The molecule has 1 unspecified atom stereocenters. The maximum absolute atomic E-state index is 11.2.